The molecule has 0 aliphatic heterocycles. The van der Waals surface area contributed by atoms with Gasteiger partial charge in [-0.25, -0.2) is 0 Å². The van der Waals surface area contributed by atoms with Gasteiger partial charge < -0.3 is 15.0 Å². The number of hydrogen-bond donors (Lipinski definition) is 1. The van der Waals surface area contributed by atoms with Crippen molar-refractivity contribution in [1.29, 1.82) is 0 Å². The minimum Gasteiger partial charge on any atom is -0.494 e. The highest BCUT2D eigenvalue weighted by Crippen LogP contribution is 2.25. The maximum atomic E-state index is 12.1. The largest absolute Gasteiger partial charge is 0.494 e. The summed E-state index contributed by atoms with van der Waals surface area (Å²) >= 11 is 12.0. The summed E-state index contributed by atoms with van der Waals surface area (Å²) in [6, 6.07) is 13.0. The third-order valence-electron chi connectivity index (χ3n) is 3.61. The summed E-state index contributed by atoms with van der Waals surface area (Å²) in [7, 11) is 1.98. The third kappa shape index (κ3) is 6.58. The second kappa shape index (κ2) is 9.66. The molecule has 0 aliphatic rings. The minimum atomic E-state index is -0.0947. The summed E-state index contributed by atoms with van der Waals surface area (Å²) in [5.41, 5.74) is 1.71. The molecular formula is C19H22Cl2N2O2. The lowest BCUT2D eigenvalue weighted by Crippen LogP contribution is -2.24. The van der Waals surface area contributed by atoms with Crippen LogP contribution in [0.2, 0.25) is 10.0 Å². The fraction of sp³-hybridized carbons (Fsp3) is 0.316. The number of carbonyl (C=O) groups excluding carboxylic acids is 1. The summed E-state index contributed by atoms with van der Waals surface area (Å²) in [6.45, 7) is 4.02. The van der Waals surface area contributed by atoms with Gasteiger partial charge in [0.15, 0.2) is 0 Å². The van der Waals surface area contributed by atoms with Crippen molar-refractivity contribution < 1.29 is 9.53 Å². The molecule has 0 radical (unpaired) electrons. The number of carbonyl (C=O) groups is 1. The Morgan fingerprint density at radius 2 is 1.88 bits per heavy atom. The number of hydrogen-bond acceptors (Lipinski definition) is 3. The molecule has 0 saturated heterocycles. The van der Waals surface area contributed by atoms with Crippen LogP contribution in [0.3, 0.4) is 0 Å². The molecular weight excluding hydrogens is 359 g/mol. The predicted octanol–water partition coefficient (Wildman–Crippen LogP) is 4.85. The molecule has 2 aromatic carbocycles. The zero-order chi connectivity index (χ0) is 18.2. The fourth-order valence-corrected chi connectivity index (χ4v) is 2.68. The first-order valence-corrected chi connectivity index (χ1v) is 8.88. The van der Waals surface area contributed by atoms with Crippen molar-refractivity contribution in [2.45, 2.75) is 19.9 Å². The second-order valence-electron chi connectivity index (χ2n) is 5.74. The summed E-state index contributed by atoms with van der Waals surface area (Å²) in [4.78, 5) is 14.2. The number of halogens is 2. The zero-order valence-electron chi connectivity index (χ0n) is 14.4. The number of ether oxygens (including phenoxy) is 1. The van der Waals surface area contributed by atoms with Crippen LogP contribution in [0.25, 0.3) is 0 Å². The second-order valence-corrected chi connectivity index (χ2v) is 6.58. The molecule has 0 unspecified atom stereocenters. The summed E-state index contributed by atoms with van der Waals surface area (Å²) < 4.78 is 5.43. The van der Waals surface area contributed by atoms with Crippen LogP contribution in [-0.4, -0.2) is 31.0 Å². The Morgan fingerprint density at radius 3 is 2.56 bits per heavy atom. The van der Waals surface area contributed by atoms with E-state index < -0.39 is 0 Å². The lowest BCUT2D eigenvalue weighted by Gasteiger charge is -2.17. The van der Waals surface area contributed by atoms with E-state index in [9.17, 15) is 4.79 Å². The van der Waals surface area contributed by atoms with Crippen LogP contribution >= 0.6 is 23.2 Å². The summed E-state index contributed by atoms with van der Waals surface area (Å²) in [5.74, 6) is 0.773. The Morgan fingerprint density at radius 1 is 1.16 bits per heavy atom. The Labute approximate surface area is 158 Å². The monoisotopic (exact) mass is 380 g/mol. The standard InChI is InChI=1S/C19H22Cl2N2O2/c1-3-25-16-7-4-14(5-8-16)13-23(2)11-10-19(24)22-18-12-15(20)6-9-17(18)21/h4-9,12H,3,10-11,13H2,1-2H3,(H,22,24). The van der Waals surface area contributed by atoms with Gasteiger partial charge in [0.2, 0.25) is 5.91 Å². The fourth-order valence-electron chi connectivity index (χ4n) is 2.35. The highest BCUT2D eigenvalue weighted by atomic mass is 35.5. The van der Waals surface area contributed by atoms with Gasteiger partial charge in [-0.3, -0.25) is 4.79 Å². The van der Waals surface area contributed by atoms with Crippen LogP contribution in [0.5, 0.6) is 5.75 Å². The van der Waals surface area contributed by atoms with Crippen LogP contribution in [0, 0.1) is 0 Å². The molecule has 0 atom stereocenters. The molecule has 0 fully saturated rings. The van der Waals surface area contributed by atoms with E-state index in [0.717, 1.165) is 12.3 Å². The van der Waals surface area contributed by atoms with Crippen molar-refractivity contribution >= 4 is 34.8 Å². The lowest BCUT2D eigenvalue weighted by atomic mass is 10.2. The van der Waals surface area contributed by atoms with E-state index in [1.165, 1.54) is 5.56 Å². The minimum absolute atomic E-state index is 0.0947. The highest BCUT2D eigenvalue weighted by molar-refractivity contribution is 6.35. The van der Waals surface area contributed by atoms with Gasteiger partial charge in [-0.1, -0.05) is 35.3 Å². The average molecular weight is 381 g/mol. The number of amides is 1. The van der Waals surface area contributed by atoms with E-state index in [2.05, 4.69) is 10.2 Å². The average Bonchev–Trinajstić information content (AvgIpc) is 2.58. The van der Waals surface area contributed by atoms with Crippen LogP contribution in [0.15, 0.2) is 42.5 Å². The Bertz CT molecular complexity index is 705. The molecule has 0 spiro atoms. The molecule has 2 aromatic rings. The number of anilines is 1. The highest BCUT2D eigenvalue weighted by Gasteiger charge is 2.09. The molecule has 2 rings (SSSR count). The topological polar surface area (TPSA) is 41.6 Å². The molecule has 134 valence electrons. The van der Waals surface area contributed by atoms with Gasteiger partial charge in [0.25, 0.3) is 0 Å². The maximum Gasteiger partial charge on any atom is 0.225 e. The Kier molecular flexibility index (Phi) is 7.56. The number of benzene rings is 2. The van der Waals surface area contributed by atoms with Crippen molar-refractivity contribution in [2.24, 2.45) is 0 Å². The quantitative estimate of drug-likeness (QED) is 0.711. The van der Waals surface area contributed by atoms with Gasteiger partial charge in [0, 0.05) is 24.5 Å². The van der Waals surface area contributed by atoms with E-state index in [4.69, 9.17) is 27.9 Å². The van der Waals surface area contributed by atoms with Crippen molar-refractivity contribution in [3.8, 4) is 5.75 Å². The summed E-state index contributed by atoms with van der Waals surface area (Å²) in [6.07, 6.45) is 0.371. The number of rotatable bonds is 8. The molecule has 25 heavy (non-hydrogen) atoms. The van der Waals surface area contributed by atoms with Crippen molar-refractivity contribution in [2.75, 3.05) is 25.5 Å². The molecule has 0 heterocycles. The van der Waals surface area contributed by atoms with Gasteiger partial charge in [0.05, 0.1) is 17.3 Å². The van der Waals surface area contributed by atoms with Gasteiger partial charge in [0.1, 0.15) is 5.75 Å². The normalized spacial score (nSPS) is 10.8. The number of nitrogens with zero attached hydrogens (tertiary/aromatic N) is 1. The SMILES string of the molecule is CCOc1ccc(CN(C)CCC(=O)Nc2cc(Cl)ccc2Cl)cc1. The van der Waals surface area contributed by atoms with E-state index in [0.29, 0.717) is 35.3 Å². The Hall–Kier alpha value is -1.75. The van der Waals surface area contributed by atoms with Gasteiger partial charge in [-0.2, -0.15) is 0 Å². The third-order valence-corrected chi connectivity index (χ3v) is 4.17. The molecule has 0 aromatic heterocycles. The zero-order valence-corrected chi connectivity index (χ0v) is 15.9. The van der Waals surface area contributed by atoms with E-state index in [-0.39, 0.29) is 5.91 Å². The van der Waals surface area contributed by atoms with Crippen LogP contribution in [0.4, 0.5) is 5.69 Å². The van der Waals surface area contributed by atoms with Crippen LogP contribution in [-0.2, 0) is 11.3 Å². The predicted molar refractivity (Wildman–Crippen MR) is 104 cm³/mol. The van der Waals surface area contributed by atoms with Crippen molar-refractivity contribution in [3.63, 3.8) is 0 Å². The van der Waals surface area contributed by atoms with Crippen molar-refractivity contribution in [3.05, 3.63) is 58.1 Å². The first-order chi connectivity index (χ1) is 12.0. The smallest absolute Gasteiger partial charge is 0.225 e. The van der Waals surface area contributed by atoms with E-state index >= 15 is 0 Å². The lowest BCUT2D eigenvalue weighted by molar-refractivity contribution is -0.116. The first kappa shape index (κ1) is 19.6. The van der Waals surface area contributed by atoms with Gasteiger partial charge in [-0.15, -0.1) is 0 Å². The molecule has 0 aliphatic carbocycles. The van der Waals surface area contributed by atoms with E-state index in [1.807, 2.05) is 38.2 Å². The van der Waals surface area contributed by atoms with E-state index in [1.54, 1.807) is 18.2 Å². The first-order valence-electron chi connectivity index (χ1n) is 8.13. The van der Waals surface area contributed by atoms with Crippen LogP contribution < -0.4 is 10.1 Å². The Balaban J connectivity index is 1.79. The number of nitrogens with one attached hydrogen (secondary N) is 1. The molecule has 1 amide bonds. The molecule has 0 bridgehead atoms. The van der Waals surface area contributed by atoms with Crippen LogP contribution in [0.1, 0.15) is 18.9 Å². The molecule has 0 saturated carbocycles. The molecule has 6 heteroatoms. The maximum absolute atomic E-state index is 12.1. The summed E-state index contributed by atoms with van der Waals surface area (Å²) in [5, 5.41) is 3.80. The van der Waals surface area contributed by atoms with Crippen molar-refractivity contribution in [1.82, 2.24) is 4.90 Å². The molecule has 4 nitrogen and oxygen atoms in total. The molecule has 1 N–H and O–H groups in total. The van der Waals surface area contributed by atoms with Gasteiger partial charge in [-0.05, 0) is 49.9 Å². The van der Waals surface area contributed by atoms with Gasteiger partial charge >= 0.3 is 0 Å².